The molecular formula is C23H27N3OS. The summed E-state index contributed by atoms with van der Waals surface area (Å²) in [6.07, 6.45) is 3.21. The number of methoxy groups -OCH3 is 1. The molecule has 0 saturated heterocycles. The largest absolute Gasteiger partial charge is 0.496 e. The van der Waals surface area contributed by atoms with Crippen molar-refractivity contribution in [3.8, 4) is 5.75 Å². The van der Waals surface area contributed by atoms with E-state index in [4.69, 9.17) is 4.74 Å². The van der Waals surface area contributed by atoms with Crippen molar-refractivity contribution in [2.45, 2.75) is 37.0 Å². The number of aryl methyl sites for hydroxylation is 3. The van der Waals surface area contributed by atoms with Crippen LogP contribution < -0.4 is 9.64 Å². The molecule has 146 valence electrons. The number of para-hydroxylation sites is 1. The van der Waals surface area contributed by atoms with Gasteiger partial charge in [0.2, 0.25) is 0 Å². The number of thioether (sulfide) groups is 1. The molecule has 2 aromatic carbocycles. The Morgan fingerprint density at radius 2 is 2.00 bits per heavy atom. The maximum Gasteiger partial charge on any atom is 0.123 e. The highest BCUT2D eigenvalue weighted by molar-refractivity contribution is 7.99. The van der Waals surface area contributed by atoms with E-state index < -0.39 is 0 Å². The van der Waals surface area contributed by atoms with Crippen LogP contribution in [0.25, 0.3) is 0 Å². The van der Waals surface area contributed by atoms with E-state index in [0.29, 0.717) is 5.25 Å². The van der Waals surface area contributed by atoms with Gasteiger partial charge in [-0.05, 0) is 44.0 Å². The van der Waals surface area contributed by atoms with Gasteiger partial charge >= 0.3 is 0 Å². The van der Waals surface area contributed by atoms with E-state index in [1.54, 1.807) is 7.11 Å². The first-order valence-corrected chi connectivity index (χ1v) is 10.6. The van der Waals surface area contributed by atoms with E-state index in [1.807, 2.05) is 29.6 Å². The topological polar surface area (TPSA) is 30.3 Å². The van der Waals surface area contributed by atoms with Gasteiger partial charge in [-0.3, -0.25) is 4.68 Å². The van der Waals surface area contributed by atoms with Crippen molar-refractivity contribution in [3.05, 3.63) is 71.0 Å². The van der Waals surface area contributed by atoms with Gasteiger partial charge in [0.25, 0.3) is 0 Å². The van der Waals surface area contributed by atoms with E-state index in [-0.39, 0.29) is 0 Å². The molecule has 1 aromatic heterocycles. The van der Waals surface area contributed by atoms with E-state index in [9.17, 15) is 0 Å². The van der Waals surface area contributed by atoms with Gasteiger partial charge in [-0.1, -0.05) is 24.3 Å². The van der Waals surface area contributed by atoms with Crippen molar-refractivity contribution in [2.24, 2.45) is 7.05 Å². The molecule has 0 N–H and O–H groups in total. The summed E-state index contributed by atoms with van der Waals surface area (Å²) in [5, 5.41) is 4.90. The number of benzene rings is 2. The van der Waals surface area contributed by atoms with Crippen LogP contribution in [0.15, 0.2) is 53.6 Å². The summed E-state index contributed by atoms with van der Waals surface area (Å²) in [5.41, 5.74) is 6.28. The summed E-state index contributed by atoms with van der Waals surface area (Å²) < 4.78 is 7.56. The molecule has 4 rings (SSSR count). The molecule has 1 aliphatic rings. The molecule has 28 heavy (non-hydrogen) atoms. The second-order valence-electron chi connectivity index (χ2n) is 7.44. The third kappa shape index (κ3) is 3.76. The molecule has 0 saturated carbocycles. The number of anilines is 1. The summed E-state index contributed by atoms with van der Waals surface area (Å²) in [7, 11) is 3.75. The molecule has 0 aliphatic carbocycles. The number of fused-ring (bicyclic) bond motifs is 1. The first-order valence-electron chi connectivity index (χ1n) is 9.69. The molecule has 0 bridgehead atoms. The Balaban J connectivity index is 1.69. The molecule has 1 unspecified atom stereocenters. The summed E-state index contributed by atoms with van der Waals surface area (Å²) in [6, 6.07) is 15.2. The average molecular weight is 394 g/mol. The maximum atomic E-state index is 5.65. The lowest BCUT2D eigenvalue weighted by Crippen LogP contribution is -2.24. The van der Waals surface area contributed by atoms with Gasteiger partial charge in [0.05, 0.1) is 18.5 Å². The number of hydrogen-bond acceptors (Lipinski definition) is 4. The standard InChI is InChI=1S/C23H27N3OS/c1-16-9-10-20-23(13-16)28-22(19-7-5-6-8-21(19)27-4)11-12-26(20)15-18-14-25(3)24-17(18)2/h5-10,13-14,22H,11-12,15H2,1-4H3. The molecule has 0 fully saturated rings. The van der Waals surface area contributed by atoms with Gasteiger partial charge in [-0.15, -0.1) is 11.8 Å². The van der Waals surface area contributed by atoms with Crippen molar-refractivity contribution < 1.29 is 4.74 Å². The average Bonchev–Trinajstić information content (AvgIpc) is 2.90. The van der Waals surface area contributed by atoms with Crippen LogP contribution in [-0.2, 0) is 13.6 Å². The third-order valence-electron chi connectivity index (χ3n) is 5.35. The Bertz CT molecular complexity index is 982. The van der Waals surface area contributed by atoms with Gasteiger partial charge < -0.3 is 9.64 Å². The number of ether oxygens (including phenoxy) is 1. The van der Waals surface area contributed by atoms with Crippen LogP contribution in [0.5, 0.6) is 5.75 Å². The van der Waals surface area contributed by atoms with Gasteiger partial charge in [0.15, 0.2) is 0 Å². The smallest absolute Gasteiger partial charge is 0.123 e. The summed E-state index contributed by atoms with van der Waals surface area (Å²) in [6.45, 7) is 6.14. The Hall–Kier alpha value is -2.40. The zero-order valence-corrected chi connectivity index (χ0v) is 17.8. The summed E-state index contributed by atoms with van der Waals surface area (Å²) in [5.74, 6) is 0.978. The fraction of sp³-hybridized carbons (Fsp3) is 0.348. The SMILES string of the molecule is COc1ccccc1C1CCN(Cc2cn(C)nc2C)c2ccc(C)cc2S1. The van der Waals surface area contributed by atoms with Crippen molar-refractivity contribution in [1.82, 2.24) is 9.78 Å². The predicted molar refractivity (Wildman–Crippen MR) is 116 cm³/mol. The van der Waals surface area contributed by atoms with Crippen LogP contribution in [-0.4, -0.2) is 23.4 Å². The van der Waals surface area contributed by atoms with Crippen LogP contribution in [0.4, 0.5) is 5.69 Å². The molecule has 1 atom stereocenters. The molecule has 2 heterocycles. The molecule has 0 spiro atoms. The molecule has 4 nitrogen and oxygen atoms in total. The number of aromatic nitrogens is 2. The molecule has 1 aliphatic heterocycles. The fourth-order valence-electron chi connectivity index (χ4n) is 3.91. The Kier molecular flexibility index (Phi) is 5.36. The number of nitrogens with zero attached hydrogens (tertiary/aromatic N) is 3. The van der Waals surface area contributed by atoms with Crippen LogP contribution in [0.2, 0.25) is 0 Å². The van der Waals surface area contributed by atoms with Gasteiger partial charge in [-0.25, -0.2) is 0 Å². The number of rotatable bonds is 4. The highest BCUT2D eigenvalue weighted by atomic mass is 32.2. The van der Waals surface area contributed by atoms with Crippen molar-refractivity contribution in [1.29, 1.82) is 0 Å². The Labute approximate surface area is 171 Å². The first-order chi connectivity index (χ1) is 13.5. The van der Waals surface area contributed by atoms with Crippen LogP contribution >= 0.6 is 11.8 Å². The molecule has 3 aromatic rings. The van der Waals surface area contributed by atoms with Gasteiger partial charge in [-0.2, -0.15) is 5.10 Å². The van der Waals surface area contributed by atoms with Gasteiger partial charge in [0, 0.05) is 47.6 Å². The minimum absolute atomic E-state index is 0.372. The number of hydrogen-bond donors (Lipinski definition) is 0. The van der Waals surface area contributed by atoms with Crippen molar-refractivity contribution in [2.75, 3.05) is 18.6 Å². The van der Waals surface area contributed by atoms with E-state index >= 15 is 0 Å². The molecule has 5 heteroatoms. The fourth-order valence-corrected chi connectivity index (χ4v) is 5.33. The van der Waals surface area contributed by atoms with Gasteiger partial charge in [0.1, 0.15) is 5.75 Å². The van der Waals surface area contributed by atoms with E-state index in [2.05, 4.69) is 66.4 Å². The van der Waals surface area contributed by atoms with Crippen LogP contribution in [0, 0.1) is 13.8 Å². The highest BCUT2D eigenvalue weighted by Crippen LogP contribution is 2.47. The Morgan fingerprint density at radius 3 is 2.75 bits per heavy atom. The lowest BCUT2D eigenvalue weighted by molar-refractivity contribution is 0.409. The second kappa shape index (κ2) is 7.92. The monoisotopic (exact) mass is 393 g/mol. The van der Waals surface area contributed by atoms with Crippen LogP contribution in [0.1, 0.15) is 34.1 Å². The lowest BCUT2D eigenvalue weighted by Gasteiger charge is -2.24. The van der Waals surface area contributed by atoms with E-state index in [0.717, 1.165) is 31.0 Å². The molecule has 0 amide bonds. The maximum absolute atomic E-state index is 5.65. The summed E-state index contributed by atoms with van der Waals surface area (Å²) in [4.78, 5) is 3.84. The minimum atomic E-state index is 0.372. The summed E-state index contributed by atoms with van der Waals surface area (Å²) >= 11 is 1.96. The Morgan fingerprint density at radius 1 is 1.18 bits per heavy atom. The highest BCUT2D eigenvalue weighted by Gasteiger charge is 2.26. The predicted octanol–water partition coefficient (Wildman–Crippen LogP) is 5.29. The minimum Gasteiger partial charge on any atom is -0.496 e. The zero-order valence-electron chi connectivity index (χ0n) is 17.0. The first kappa shape index (κ1) is 18.9. The van der Waals surface area contributed by atoms with Crippen molar-refractivity contribution >= 4 is 17.4 Å². The lowest BCUT2D eigenvalue weighted by atomic mass is 10.1. The quantitative estimate of drug-likeness (QED) is 0.602. The van der Waals surface area contributed by atoms with Crippen molar-refractivity contribution in [3.63, 3.8) is 0 Å². The normalized spacial score (nSPS) is 16.6. The molecule has 0 radical (unpaired) electrons. The molecular weight excluding hydrogens is 366 g/mol. The third-order valence-corrected chi connectivity index (χ3v) is 6.70. The second-order valence-corrected chi connectivity index (χ2v) is 8.69. The van der Waals surface area contributed by atoms with E-state index in [1.165, 1.54) is 27.3 Å². The zero-order chi connectivity index (χ0) is 19.7. The van der Waals surface area contributed by atoms with Crippen LogP contribution in [0.3, 0.4) is 0 Å².